The molecule has 2 aromatic carbocycles. The van der Waals surface area contributed by atoms with E-state index in [9.17, 15) is 4.39 Å². The Labute approximate surface area is 190 Å². The standard InChI is InChI=1S/C23H23FN6OS/c1-2-17-5-9-22(10-6-17)31-16-30-15-21(12-26-30)28-23(32)27-20-11-25-29(14-20)13-18-3-7-19(24)8-4-18/h3-12,14-15H,2,13,16H2,1H3,(H2,27,28,32). The molecule has 0 saturated heterocycles. The normalized spacial score (nSPS) is 10.7. The van der Waals surface area contributed by atoms with Gasteiger partial charge in [0.1, 0.15) is 11.6 Å². The van der Waals surface area contributed by atoms with Gasteiger partial charge in [0.2, 0.25) is 0 Å². The van der Waals surface area contributed by atoms with Gasteiger partial charge in [-0.1, -0.05) is 31.2 Å². The smallest absolute Gasteiger partial charge is 0.180 e. The number of ether oxygens (including phenoxy) is 1. The second-order valence-electron chi connectivity index (χ2n) is 7.17. The Kier molecular flexibility index (Phi) is 6.76. The molecule has 9 heteroatoms. The number of nitrogens with zero attached hydrogens (tertiary/aromatic N) is 4. The van der Waals surface area contributed by atoms with Crippen LogP contribution in [0.5, 0.6) is 5.75 Å². The van der Waals surface area contributed by atoms with Gasteiger partial charge in [-0.05, 0) is 54.0 Å². The quantitative estimate of drug-likeness (QED) is 0.380. The SMILES string of the molecule is CCc1ccc(OCn2cc(NC(=S)Nc3cnn(Cc4ccc(F)cc4)c3)cn2)cc1. The topological polar surface area (TPSA) is 68.9 Å². The maximum atomic E-state index is 13.0. The first kappa shape index (κ1) is 21.5. The molecule has 2 heterocycles. The Morgan fingerprint density at radius 1 is 0.906 bits per heavy atom. The number of rotatable bonds is 8. The molecule has 0 unspecified atom stereocenters. The number of halogens is 1. The summed E-state index contributed by atoms with van der Waals surface area (Å²) < 4.78 is 22.2. The summed E-state index contributed by atoms with van der Waals surface area (Å²) in [6.07, 6.45) is 8.00. The number of nitrogens with one attached hydrogen (secondary N) is 2. The van der Waals surface area contributed by atoms with Gasteiger partial charge in [0.25, 0.3) is 0 Å². The van der Waals surface area contributed by atoms with Crippen molar-refractivity contribution in [3.63, 3.8) is 0 Å². The van der Waals surface area contributed by atoms with Gasteiger partial charge < -0.3 is 15.4 Å². The molecule has 4 rings (SSSR count). The van der Waals surface area contributed by atoms with Crippen LogP contribution < -0.4 is 15.4 Å². The Hall–Kier alpha value is -3.72. The van der Waals surface area contributed by atoms with Crippen molar-refractivity contribution in [3.8, 4) is 5.75 Å². The second kappa shape index (κ2) is 10.1. The van der Waals surface area contributed by atoms with Gasteiger partial charge in [-0.25, -0.2) is 9.07 Å². The van der Waals surface area contributed by atoms with Crippen molar-refractivity contribution >= 4 is 28.7 Å². The van der Waals surface area contributed by atoms with Gasteiger partial charge in [0, 0.05) is 6.20 Å². The van der Waals surface area contributed by atoms with Crippen LogP contribution in [0, 0.1) is 5.82 Å². The molecule has 0 amide bonds. The van der Waals surface area contributed by atoms with Crippen LogP contribution in [0.25, 0.3) is 0 Å². The van der Waals surface area contributed by atoms with Crippen LogP contribution in [0.3, 0.4) is 0 Å². The van der Waals surface area contributed by atoms with Crippen LogP contribution >= 0.6 is 12.2 Å². The third-order valence-corrected chi connectivity index (χ3v) is 4.94. The van der Waals surface area contributed by atoms with E-state index in [0.717, 1.165) is 29.1 Å². The first-order valence-corrected chi connectivity index (χ1v) is 10.6. The van der Waals surface area contributed by atoms with E-state index in [2.05, 4.69) is 39.9 Å². The van der Waals surface area contributed by atoms with E-state index in [1.165, 1.54) is 17.7 Å². The maximum Gasteiger partial charge on any atom is 0.180 e. The number of aryl methyl sites for hydroxylation is 1. The van der Waals surface area contributed by atoms with Crippen LogP contribution in [0.15, 0.2) is 73.3 Å². The predicted octanol–water partition coefficient (Wildman–Crippen LogP) is 4.67. The highest BCUT2D eigenvalue weighted by Crippen LogP contribution is 2.14. The van der Waals surface area contributed by atoms with E-state index in [-0.39, 0.29) is 5.82 Å². The molecule has 0 aliphatic carbocycles. The number of hydrogen-bond acceptors (Lipinski definition) is 4. The van der Waals surface area contributed by atoms with Gasteiger partial charge >= 0.3 is 0 Å². The number of thiocarbonyl (C=S) groups is 1. The van der Waals surface area contributed by atoms with Crippen LogP contribution in [0.4, 0.5) is 15.8 Å². The van der Waals surface area contributed by atoms with Crippen LogP contribution in [-0.4, -0.2) is 24.7 Å². The average Bonchev–Trinajstić information content (AvgIpc) is 3.43. The van der Waals surface area contributed by atoms with Crippen molar-refractivity contribution in [2.75, 3.05) is 10.6 Å². The molecule has 0 atom stereocenters. The summed E-state index contributed by atoms with van der Waals surface area (Å²) in [4.78, 5) is 0. The van der Waals surface area contributed by atoms with E-state index >= 15 is 0 Å². The second-order valence-corrected chi connectivity index (χ2v) is 7.58. The van der Waals surface area contributed by atoms with Crippen molar-refractivity contribution in [1.82, 2.24) is 19.6 Å². The van der Waals surface area contributed by atoms with Crippen molar-refractivity contribution < 1.29 is 9.13 Å². The van der Waals surface area contributed by atoms with E-state index in [1.54, 1.807) is 33.9 Å². The zero-order valence-electron chi connectivity index (χ0n) is 17.5. The largest absolute Gasteiger partial charge is 0.471 e. The summed E-state index contributed by atoms with van der Waals surface area (Å²) in [5.41, 5.74) is 3.71. The Morgan fingerprint density at radius 3 is 2.16 bits per heavy atom. The Balaban J connectivity index is 1.26. The number of anilines is 2. The number of hydrogen-bond donors (Lipinski definition) is 2. The summed E-state index contributed by atoms with van der Waals surface area (Å²) >= 11 is 5.38. The van der Waals surface area contributed by atoms with Gasteiger partial charge in [0.05, 0.1) is 36.5 Å². The molecule has 0 bridgehead atoms. The van der Waals surface area contributed by atoms with E-state index in [1.807, 2.05) is 24.5 Å². The lowest BCUT2D eigenvalue weighted by Gasteiger charge is -2.07. The summed E-state index contributed by atoms with van der Waals surface area (Å²) in [6, 6.07) is 14.4. The fraction of sp³-hybridized carbons (Fsp3) is 0.174. The first-order valence-electron chi connectivity index (χ1n) is 10.2. The van der Waals surface area contributed by atoms with Crippen molar-refractivity contribution in [3.05, 3.63) is 90.3 Å². The molecule has 4 aromatic rings. The molecule has 0 aliphatic rings. The van der Waals surface area contributed by atoms with Crippen molar-refractivity contribution in [2.45, 2.75) is 26.6 Å². The van der Waals surface area contributed by atoms with Gasteiger partial charge in [-0.3, -0.25) is 4.68 Å². The third kappa shape index (κ3) is 5.92. The van der Waals surface area contributed by atoms with Gasteiger partial charge in [-0.15, -0.1) is 0 Å². The predicted molar refractivity (Wildman–Crippen MR) is 126 cm³/mol. The van der Waals surface area contributed by atoms with Crippen molar-refractivity contribution in [1.29, 1.82) is 0 Å². The fourth-order valence-electron chi connectivity index (χ4n) is 3.05. The van der Waals surface area contributed by atoms with Crippen LogP contribution in [-0.2, 0) is 19.7 Å². The lowest BCUT2D eigenvalue weighted by molar-refractivity contribution is 0.221. The van der Waals surface area contributed by atoms with Crippen LogP contribution in [0.1, 0.15) is 18.1 Å². The molecule has 0 radical (unpaired) electrons. The molecule has 2 N–H and O–H groups in total. The minimum atomic E-state index is -0.256. The van der Waals surface area contributed by atoms with Gasteiger partial charge in [0.15, 0.2) is 11.8 Å². The average molecular weight is 451 g/mol. The van der Waals surface area contributed by atoms with Crippen molar-refractivity contribution in [2.24, 2.45) is 0 Å². The summed E-state index contributed by atoms with van der Waals surface area (Å²) in [7, 11) is 0. The maximum absolute atomic E-state index is 13.0. The summed E-state index contributed by atoms with van der Waals surface area (Å²) in [6.45, 7) is 2.95. The molecule has 2 aromatic heterocycles. The zero-order valence-corrected chi connectivity index (χ0v) is 18.3. The summed E-state index contributed by atoms with van der Waals surface area (Å²) in [5, 5.41) is 15.2. The van der Waals surface area contributed by atoms with Gasteiger partial charge in [-0.2, -0.15) is 10.2 Å². The molecular weight excluding hydrogens is 427 g/mol. The Morgan fingerprint density at radius 2 is 1.50 bits per heavy atom. The highest BCUT2D eigenvalue weighted by atomic mass is 32.1. The van der Waals surface area contributed by atoms with E-state index < -0.39 is 0 Å². The zero-order chi connectivity index (χ0) is 22.3. The third-order valence-electron chi connectivity index (χ3n) is 4.74. The molecule has 0 aliphatic heterocycles. The van der Waals surface area contributed by atoms with E-state index in [0.29, 0.717) is 18.4 Å². The highest BCUT2D eigenvalue weighted by Gasteiger charge is 2.05. The molecule has 32 heavy (non-hydrogen) atoms. The molecule has 0 saturated carbocycles. The molecule has 0 fully saturated rings. The van der Waals surface area contributed by atoms with Crippen LogP contribution in [0.2, 0.25) is 0 Å². The molecule has 164 valence electrons. The molecular formula is C23H23FN6OS. The number of benzene rings is 2. The highest BCUT2D eigenvalue weighted by molar-refractivity contribution is 7.80. The monoisotopic (exact) mass is 450 g/mol. The summed E-state index contributed by atoms with van der Waals surface area (Å²) in [5.74, 6) is 0.538. The minimum absolute atomic E-state index is 0.256. The lowest BCUT2D eigenvalue weighted by Crippen LogP contribution is -2.18. The molecule has 7 nitrogen and oxygen atoms in total. The Bertz CT molecular complexity index is 1170. The number of aromatic nitrogens is 4. The first-order chi connectivity index (χ1) is 15.6. The fourth-order valence-corrected chi connectivity index (χ4v) is 3.28. The minimum Gasteiger partial charge on any atom is -0.471 e. The van der Waals surface area contributed by atoms with E-state index in [4.69, 9.17) is 17.0 Å². The lowest BCUT2D eigenvalue weighted by atomic mass is 10.2. The molecule has 0 spiro atoms.